The van der Waals surface area contributed by atoms with Crippen molar-refractivity contribution in [2.75, 3.05) is 13.1 Å². The fourth-order valence-electron chi connectivity index (χ4n) is 2.44. The zero-order chi connectivity index (χ0) is 15.2. The molecule has 0 saturated carbocycles. The van der Waals surface area contributed by atoms with Crippen LogP contribution < -0.4 is 5.73 Å². The fourth-order valence-corrected chi connectivity index (χ4v) is 2.44. The molecule has 0 aliphatic rings. The van der Waals surface area contributed by atoms with E-state index in [9.17, 15) is 13.2 Å². The lowest BCUT2D eigenvalue weighted by molar-refractivity contribution is -0.137. The second kappa shape index (κ2) is 7.64. The standard InChI is InChI=1S/C15H23F3N2/c1-3-14(4-2)20(9-8-19)11-12-6-5-7-13(10-12)15(16,17)18/h5-7,10,14H,3-4,8-9,11,19H2,1-2H3. The number of benzene rings is 1. The summed E-state index contributed by atoms with van der Waals surface area (Å²) < 4.78 is 38.1. The van der Waals surface area contributed by atoms with Crippen molar-refractivity contribution in [1.82, 2.24) is 4.90 Å². The number of rotatable bonds is 7. The van der Waals surface area contributed by atoms with Crippen LogP contribution >= 0.6 is 0 Å². The first-order valence-electron chi connectivity index (χ1n) is 7.02. The Hall–Kier alpha value is -1.07. The van der Waals surface area contributed by atoms with Crippen LogP contribution in [0.2, 0.25) is 0 Å². The van der Waals surface area contributed by atoms with Crippen molar-refractivity contribution in [2.45, 2.75) is 45.5 Å². The van der Waals surface area contributed by atoms with E-state index >= 15 is 0 Å². The summed E-state index contributed by atoms with van der Waals surface area (Å²) in [6.07, 6.45) is -2.35. The molecule has 0 saturated heterocycles. The molecule has 0 aliphatic carbocycles. The first kappa shape index (κ1) is 17.0. The zero-order valence-corrected chi connectivity index (χ0v) is 12.1. The Morgan fingerprint density at radius 1 is 1.20 bits per heavy atom. The normalized spacial score (nSPS) is 12.4. The molecule has 1 aromatic rings. The molecule has 0 radical (unpaired) electrons. The lowest BCUT2D eigenvalue weighted by Crippen LogP contribution is -2.37. The second-order valence-corrected chi connectivity index (χ2v) is 4.93. The molecular weight excluding hydrogens is 265 g/mol. The highest BCUT2D eigenvalue weighted by Gasteiger charge is 2.30. The van der Waals surface area contributed by atoms with Crippen LogP contribution in [-0.2, 0) is 12.7 Å². The molecule has 0 bridgehead atoms. The zero-order valence-electron chi connectivity index (χ0n) is 12.1. The van der Waals surface area contributed by atoms with Gasteiger partial charge in [-0.25, -0.2) is 0 Å². The van der Waals surface area contributed by atoms with Gasteiger partial charge in [0, 0.05) is 25.7 Å². The molecule has 0 unspecified atom stereocenters. The molecule has 114 valence electrons. The summed E-state index contributed by atoms with van der Waals surface area (Å²) >= 11 is 0. The quantitative estimate of drug-likeness (QED) is 0.829. The van der Waals surface area contributed by atoms with Gasteiger partial charge >= 0.3 is 6.18 Å². The molecule has 1 aromatic carbocycles. The Balaban J connectivity index is 2.88. The maximum Gasteiger partial charge on any atom is 0.416 e. The van der Waals surface area contributed by atoms with E-state index in [-0.39, 0.29) is 0 Å². The van der Waals surface area contributed by atoms with Crippen LogP contribution in [0, 0.1) is 0 Å². The highest BCUT2D eigenvalue weighted by Crippen LogP contribution is 2.30. The van der Waals surface area contributed by atoms with Gasteiger partial charge in [0.05, 0.1) is 5.56 Å². The molecule has 0 spiro atoms. The predicted molar refractivity (Wildman–Crippen MR) is 75.3 cm³/mol. The van der Waals surface area contributed by atoms with Crippen LogP contribution in [0.5, 0.6) is 0 Å². The molecule has 2 nitrogen and oxygen atoms in total. The summed E-state index contributed by atoms with van der Waals surface area (Å²) in [6, 6.07) is 5.89. The van der Waals surface area contributed by atoms with Gasteiger partial charge in [-0.15, -0.1) is 0 Å². The topological polar surface area (TPSA) is 29.3 Å². The number of alkyl halides is 3. The van der Waals surface area contributed by atoms with Gasteiger partial charge in [0.25, 0.3) is 0 Å². The van der Waals surface area contributed by atoms with E-state index in [1.54, 1.807) is 6.07 Å². The summed E-state index contributed by atoms with van der Waals surface area (Å²) in [5, 5.41) is 0. The van der Waals surface area contributed by atoms with Gasteiger partial charge < -0.3 is 5.73 Å². The maximum absolute atomic E-state index is 12.7. The van der Waals surface area contributed by atoms with Crippen LogP contribution in [0.15, 0.2) is 24.3 Å². The van der Waals surface area contributed by atoms with Gasteiger partial charge in [-0.3, -0.25) is 4.90 Å². The SMILES string of the molecule is CCC(CC)N(CCN)Cc1cccc(C(F)(F)F)c1. The van der Waals surface area contributed by atoms with Gasteiger partial charge in [-0.05, 0) is 24.5 Å². The van der Waals surface area contributed by atoms with E-state index in [1.165, 1.54) is 12.1 Å². The molecule has 0 aliphatic heterocycles. The first-order chi connectivity index (χ1) is 9.42. The van der Waals surface area contributed by atoms with Crippen LogP contribution in [0.1, 0.15) is 37.8 Å². The summed E-state index contributed by atoms with van der Waals surface area (Å²) in [6.45, 7) is 5.89. The van der Waals surface area contributed by atoms with Gasteiger partial charge in [0.1, 0.15) is 0 Å². The Labute approximate surface area is 118 Å². The van der Waals surface area contributed by atoms with Crippen molar-refractivity contribution in [2.24, 2.45) is 5.73 Å². The van der Waals surface area contributed by atoms with Crippen LogP contribution in [0.25, 0.3) is 0 Å². The fraction of sp³-hybridized carbons (Fsp3) is 0.600. The smallest absolute Gasteiger partial charge is 0.329 e. The Morgan fingerprint density at radius 2 is 1.85 bits per heavy atom. The molecule has 0 fully saturated rings. The van der Waals surface area contributed by atoms with Gasteiger partial charge in [-0.2, -0.15) is 13.2 Å². The maximum atomic E-state index is 12.7. The highest BCUT2D eigenvalue weighted by atomic mass is 19.4. The average molecular weight is 288 g/mol. The lowest BCUT2D eigenvalue weighted by Gasteiger charge is -2.30. The minimum absolute atomic E-state index is 0.355. The number of nitrogens with zero attached hydrogens (tertiary/aromatic N) is 1. The van der Waals surface area contributed by atoms with E-state index in [2.05, 4.69) is 18.7 Å². The van der Waals surface area contributed by atoms with Crippen LogP contribution in [0.3, 0.4) is 0 Å². The largest absolute Gasteiger partial charge is 0.416 e. The van der Waals surface area contributed by atoms with Gasteiger partial charge in [-0.1, -0.05) is 32.0 Å². The van der Waals surface area contributed by atoms with Crippen molar-refractivity contribution in [3.8, 4) is 0 Å². The molecule has 0 amide bonds. The minimum atomic E-state index is -4.29. The van der Waals surface area contributed by atoms with E-state index in [4.69, 9.17) is 5.73 Å². The summed E-state index contributed by atoms with van der Waals surface area (Å²) in [4.78, 5) is 2.16. The third-order valence-corrected chi connectivity index (χ3v) is 3.52. The number of hydrogen-bond donors (Lipinski definition) is 1. The third kappa shape index (κ3) is 4.80. The Bertz CT molecular complexity index is 400. The molecule has 0 atom stereocenters. The van der Waals surface area contributed by atoms with Crippen molar-refractivity contribution in [3.63, 3.8) is 0 Å². The minimum Gasteiger partial charge on any atom is -0.329 e. The van der Waals surface area contributed by atoms with Crippen molar-refractivity contribution < 1.29 is 13.2 Å². The molecule has 0 aromatic heterocycles. The molecule has 20 heavy (non-hydrogen) atoms. The van der Waals surface area contributed by atoms with E-state index in [0.717, 1.165) is 18.9 Å². The summed E-state index contributed by atoms with van der Waals surface area (Å²) in [5.41, 5.74) is 5.70. The van der Waals surface area contributed by atoms with Gasteiger partial charge in [0.2, 0.25) is 0 Å². The molecule has 0 heterocycles. The molecule has 5 heteroatoms. The summed E-state index contributed by atoms with van der Waals surface area (Å²) in [7, 11) is 0. The Morgan fingerprint density at radius 3 is 2.35 bits per heavy atom. The molecule has 2 N–H and O–H groups in total. The molecule has 1 rings (SSSR count). The highest BCUT2D eigenvalue weighted by molar-refractivity contribution is 5.25. The Kier molecular flexibility index (Phi) is 6.49. The van der Waals surface area contributed by atoms with E-state index in [1.807, 2.05) is 0 Å². The molecular formula is C15H23F3N2. The van der Waals surface area contributed by atoms with Crippen molar-refractivity contribution >= 4 is 0 Å². The monoisotopic (exact) mass is 288 g/mol. The van der Waals surface area contributed by atoms with Crippen molar-refractivity contribution in [3.05, 3.63) is 35.4 Å². The lowest BCUT2D eigenvalue weighted by atomic mass is 10.1. The number of hydrogen-bond acceptors (Lipinski definition) is 2. The van der Waals surface area contributed by atoms with Gasteiger partial charge in [0.15, 0.2) is 0 Å². The van der Waals surface area contributed by atoms with Crippen LogP contribution in [0.4, 0.5) is 13.2 Å². The third-order valence-electron chi connectivity index (χ3n) is 3.52. The summed E-state index contributed by atoms with van der Waals surface area (Å²) in [5.74, 6) is 0. The first-order valence-corrected chi connectivity index (χ1v) is 7.02. The van der Waals surface area contributed by atoms with E-state index in [0.29, 0.717) is 31.2 Å². The van der Waals surface area contributed by atoms with Crippen LogP contribution in [-0.4, -0.2) is 24.0 Å². The predicted octanol–water partition coefficient (Wildman–Crippen LogP) is 3.65. The average Bonchev–Trinajstić information content (AvgIpc) is 2.39. The number of nitrogens with two attached hydrogens (primary N) is 1. The van der Waals surface area contributed by atoms with E-state index < -0.39 is 11.7 Å². The number of halogens is 3. The van der Waals surface area contributed by atoms with Crippen molar-refractivity contribution in [1.29, 1.82) is 0 Å². The second-order valence-electron chi connectivity index (χ2n) is 4.93.